The number of hydrogen-bond donors (Lipinski definition) is 0. The van der Waals surface area contributed by atoms with Gasteiger partial charge in [-0.05, 0) is 60.5 Å². The Balaban J connectivity index is 1.58. The summed E-state index contributed by atoms with van der Waals surface area (Å²) < 4.78 is 15.5. The van der Waals surface area contributed by atoms with Crippen LogP contribution in [0.1, 0.15) is 16.7 Å². The highest BCUT2D eigenvalue weighted by Crippen LogP contribution is 2.20. The number of fused-ring (bicyclic) bond motifs is 1. The molecule has 0 amide bonds. The molecule has 1 aromatic heterocycles. The molecule has 2 nitrogen and oxygen atoms in total. The topological polar surface area (TPSA) is 17.3 Å². The van der Waals surface area contributed by atoms with Gasteiger partial charge in [-0.3, -0.25) is 4.99 Å². The van der Waals surface area contributed by atoms with Gasteiger partial charge in [0, 0.05) is 29.9 Å². The van der Waals surface area contributed by atoms with Gasteiger partial charge in [0.25, 0.3) is 0 Å². The van der Waals surface area contributed by atoms with Gasteiger partial charge in [0.15, 0.2) is 0 Å². The second-order valence-corrected chi connectivity index (χ2v) is 6.49. The Kier molecular flexibility index (Phi) is 4.36. The van der Waals surface area contributed by atoms with Gasteiger partial charge in [0.05, 0.1) is 5.69 Å². The van der Waals surface area contributed by atoms with Crippen molar-refractivity contribution in [3.63, 3.8) is 0 Å². The molecule has 0 saturated carbocycles. The monoisotopic (exact) mass is 342 g/mol. The molecule has 1 heterocycles. The van der Waals surface area contributed by atoms with Crippen molar-refractivity contribution >= 4 is 22.8 Å². The Morgan fingerprint density at radius 3 is 2.62 bits per heavy atom. The average molecular weight is 342 g/mol. The summed E-state index contributed by atoms with van der Waals surface area (Å²) >= 11 is 0. The summed E-state index contributed by atoms with van der Waals surface area (Å²) in [4.78, 5) is 4.54. The average Bonchev–Trinajstić information content (AvgIpc) is 3.03. The molecule has 4 rings (SSSR count). The number of benzene rings is 3. The third kappa shape index (κ3) is 3.57. The normalized spacial score (nSPS) is 11.5. The maximum Gasteiger partial charge on any atom is 0.123 e. The van der Waals surface area contributed by atoms with Crippen LogP contribution in [0.4, 0.5) is 10.1 Å². The minimum Gasteiger partial charge on any atom is -0.343 e. The summed E-state index contributed by atoms with van der Waals surface area (Å²) in [6.45, 7) is 2.72. The van der Waals surface area contributed by atoms with Crippen molar-refractivity contribution in [2.24, 2.45) is 4.99 Å². The first-order chi connectivity index (χ1) is 12.7. The molecule has 0 fully saturated rings. The zero-order valence-electron chi connectivity index (χ0n) is 14.6. The Labute approximate surface area is 152 Å². The molecule has 0 aliphatic rings. The second kappa shape index (κ2) is 6.96. The summed E-state index contributed by atoms with van der Waals surface area (Å²) in [5, 5.41) is 1.15. The summed E-state index contributed by atoms with van der Waals surface area (Å²) in [5.74, 6) is -0.200. The highest BCUT2D eigenvalue weighted by Gasteiger charge is 2.03. The molecule has 128 valence electrons. The van der Waals surface area contributed by atoms with E-state index in [0.717, 1.165) is 27.7 Å². The number of rotatable bonds is 4. The fourth-order valence-corrected chi connectivity index (χ4v) is 3.05. The first-order valence-corrected chi connectivity index (χ1v) is 8.61. The van der Waals surface area contributed by atoms with Crippen molar-refractivity contribution < 1.29 is 4.39 Å². The maximum absolute atomic E-state index is 13.4. The highest BCUT2D eigenvalue weighted by molar-refractivity contribution is 5.90. The van der Waals surface area contributed by atoms with Crippen LogP contribution in [0, 0.1) is 12.7 Å². The van der Waals surface area contributed by atoms with Crippen LogP contribution in [-0.2, 0) is 6.54 Å². The fourth-order valence-electron chi connectivity index (χ4n) is 3.05. The molecule has 0 aliphatic heterocycles. The van der Waals surface area contributed by atoms with E-state index >= 15 is 0 Å². The van der Waals surface area contributed by atoms with Gasteiger partial charge in [0.1, 0.15) is 5.82 Å². The first-order valence-electron chi connectivity index (χ1n) is 8.61. The van der Waals surface area contributed by atoms with E-state index in [1.165, 1.54) is 11.6 Å². The standard InChI is InChI=1S/C23H19FN2/c1-17-5-8-22(9-6-17)25-15-18-7-10-23-20(13-18)11-12-26(23)16-19-3-2-4-21(24)14-19/h2-15H,16H2,1H3. The number of hydrogen-bond acceptors (Lipinski definition) is 1. The molecule has 0 radical (unpaired) electrons. The SMILES string of the molecule is Cc1ccc(N=Cc2ccc3c(ccn3Cc3cccc(F)c3)c2)cc1. The van der Waals surface area contributed by atoms with Crippen molar-refractivity contribution in [1.82, 2.24) is 4.57 Å². The molecule has 0 spiro atoms. The zero-order valence-corrected chi connectivity index (χ0v) is 14.6. The molecule has 0 unspecified atom stereocenters. The van der Waals surface area contributed by atoms with Gasteiger partial charge in [-0.15, -0.1) is 0 Å². The Morgan fingerprint density at radius 2 is 1.81 bits per heavy atom. The Hall–Kier alpha value is -3.20. The van der Waals surface area contributed by atoms with Crippen LogP contribution in [0.15, 0.2) is 84.0 Å². The lowest BCUT2D eigenvalue weighted by Crippen LogP contribution is -1.98. The van der Waals surface area contributed by atoms with E-state index in [9.17, 15) is 4.39 Å². The zero-order chi connectivity index (χ0) is 17.9. The predicted molar refractivity (Wildman–Crippen MR) is 106 cm³/mol. The third-order valence-electron chi connectivity index (χ3n) is 4.43. The van der Waals surface area contributed by atoms with Crippen molar-refractivity contribution in [1.29, 1.82) is 0 Å². The van der Waals surface area contributed by atoms with Gasteiger partial charge in [-0.2, -0.15) is 0 Å². The molecule has 3 heteroatoms. The number of aryl methyl sites for hydroxylation is 1. The van der Waals surface area contributed by atoms with E-state index < -0.39 is 0 Å². The lowest BCUT2D eigenvalue weighted by molar-refractivity contribution is 0.624. The number of halogens is 1. The van der Waals surface area contributed by atoms with Crippen LogP contribution in [0.25, 0.3) is 10.9 Å². The van der Waals surface area contributed by atoms with Crippen molar-refractivity contribution in [3.05, 3.63) is 102 Å². The number of aromatic nitrogens is 1. The molecule has 0 aliphatic carbocycles. The third-order valence-corrected chi connectivity index (χ3v) is 4.43. The lowest BCUT2D eigenvalue weighted by Gasteiger charge is -2.06. The van der Waals surface area contributed by atoms with Gasteiger partial charge in [-0.1, -0.05) is 35.9 Å². The number of nitrogens with zero attached hydrogens (tertiary/aromatic N) is 2. The van der Waals surface area contributed by atoms with Crippen LogP contribution in [0.3, 0.4) is 0 Å². The van der Waals surface area contributed by atoms with Crippen LogP contribution < -0.4 is 0 Å². The predicted octanol–water partition coefficient (Wildman–Crippen LogP) is 5.89. The van der Waals surface area contributed by atoms with Crippen LogP contribution in [0.2, 0.25) is 0 Å². The molecule has 4 aromatic rings. The van der Waals surface area contributed by atoms with Crippen molar-refractivity contribution in [3.8, 4) is 0 Å². The Morgan fingerprint density at radius 1 is 0.962 bits per heavy atom. The van der Waals surface area contributed by atoms with E-state index in [1.54, 1.807) is 12.1 Å². The minimum atomic E-state index is -0.200. The number of aliphatic imine (C=N–C) groups is 1. The van der Waals surface area contributed by atoms with Gasteiger partial charge in [0.2, 0.25) is 0 Å². The highest BCUT2D eigenvalue weighted by atomic mass is 19.1. The summed E-state index contributed by atoms with van der Waals surface area (Å²) in [5.41, 5.74) is 5.31. The van der Waals surface area contributed by atoms with Crippen LogP contribution >= 0.6 is 0 Å². The molecule has 26 heavy (non-hydrogen) atoms. The lowest BCUT2D eigenvalue weighted by atomic mass is 10.1. The van der Waals surface area contributed by atoms with Gasteiger partial charge >= 0.3 is 0 Å². The molecular formula is C23H19FN2. The molecular weight excluding hydrogens is 323 g/mol. The van der Waals surface area contributed by atoms with Crippen LogP contribution in [-0.4, -0.2) is 10.8 Å². The summed E-state index contributed by atoms with van der Waals surface area (Å²) in [6, 6.07) is 23.2. The van der Waals surface area contributed by atoms with E-state index in [-0.39, 0.29) is 5.82 Å². The Bertz CT molecular complexity index is 1080. The van der Waals surface area contributed by atoms with E-state index in [0.29, 0.717) is 6.54 Å². The molecule has 0 bridgehead atoms. The van der Waals surface area contributed by atoms with E-state index in [4.69, 9.17) is 0 Å². The fraction of sp³-hybridized carbons (Fsp3) is 0.0870. The second-order valence-electron chi connectivity index (χ2n) is 6.49. The molecule has 3 aromatic carbocycles. The quantitative estimate of drug-likeness (QED) is 0.412. The largest absolute Gasteiger partial charge is 0.343 e. The van der Waals surface area contributed by atoms with E-state index in [2.05, 4.69) is 52.9 Å². The summed E-state index contributed by atoms with van der Waals surface area (Å²) in [7, 11) is 0. The smallest absolute Gasteiger partial charge is 0.123 e. The molecule has 0 N–H and O–H groups in total. The van der Waals surface area contributed by atoms with Crippen molar-refractivity contribution in [2.45, 2.75) is 13.5 Å². The van der Waals surface area contributed by atoms with Gasteiger partial charge < -0.3 is 4.57 Å². The minimum absolute atomic E-state index is 0.200. The molecule has 0 atom stereocenters. The maximum atomic E-state index is 13.4. The van der Waals surface area contributed by atoms with Crippen molar-refractivity contribution in [2.75, 3.05) is 0 Å². The van der Waals surface area contributed by atoms with E-state index in [1.807, 2.05) is 30.6 Å². The molecule has 0 saturated heterocycles. The van der Waals surface area contributed by atoms with Crippen LogP contribution in [0.5, 0.6) is 0 Å². The van der Waals surface area contributed by atoms with Gasteiger partial charge in [-0.25, -0.2) is 4.39 Å². The summed E-state index contributed by atoms with van der Waals surface area (Å²) in [6.07, 6.45) is 3.92. The first kappa shape index (κ1) is 16.3.